The molecule has 1 atom stereocenters. The summed E-state index contributed by atoms with van der Waals surface area (Å²) in [6, 6.07) is 4.16. The van der Waals surface area contributed by atoms with E-state index in [2.05, 4.69) is 37.5 Å². The molecule has 0 aromatic carbocycles. The normalized spacial score (nSPS) is 13.6. The van der Waals surface area contributed by atoms with Crippen LogP contribution in [0.2, 0.25) is 0 Å². The molecule has 3 heteroatoms. The van der Waals surface area contributed by atoms with E-state index in [9.17, 15) is 4.79 Å². The van der Waals surface area contributed by atoms with Crippen LogP contribution in [0.5, 0.6) is 0 Å². The van der Waals surface area contributed by atoms with Crippen LogP contribution in [0, 0.1) is 5.41 Å². The third kappa shape index (κ3) is 3.34. The first-order valence-electron chi connectivity index (χ1n) is 5.19. The second-order valence-corrected chi connectivity index (χ2v) is 5.79. The molecule has 0 radical (unpaired) electrons. The minimum Gasteiger partial charge on any atom is -0.359 e. The standard InChI is InChI=1S/C12H19NOS/c1-12(2,3)9(8-11(14)13-4)10-6-5-7-15-10/h5-7,9H,8H2,1-4H3,(H,13,14). The monoisotopic (exact) mass is 225 g/mol. The van der Waals surface area contributed by atoms with Crippen LogP contribution in [0.25, 0.3) is 0 Å². The van der Waals surface area contributed by atoms with Crippen molar-refractivity contribution in [3.8, 4) is 0 Å². The molecule has 0 aliphatic heterocycles. The van der Waals surface area contributed by atoms with E-state index in [1.165, 1.54) is 4.88 Å². The van der Waals surface area contributed by atoms with Gasteiger partial charge in [-0.05, 0) is 16.9 Å². The Morgan fingerprint density at radius 1 is 1.53 bits per heavy atom. The highest BCUT2D eigenvalue weighted by Crippen LogP contribution is 2.39. The number of carbonyl (C=O) groups is 1. The minimum absolute atomic E-state index is 0.114. The molecule has 1 aromatic heterocycles. The van der Waals surface area contributed by atoms with Crippen molar-refractivity contribution < 1.29 is 4.79 Å². The Balaban J connectivity index is 2.85. The minimum atomic E-state index is 0.114. The Hall–Kier alpha value is -0.830. The molecule has 0 saturated carbocycles. The fourth-order valence-electron chi connectivity index (χ4n) is 1.61. The van der Waals surface area contributed by atoms with E-state index < -0.39 is 0 Å². The highest BCUT2D eigenvalue weighted by molar-refractivity contribution is 7.10. The predicted octanol–water partition coefficient (Wildman–Crippen LogP) is 3.01. The van der Waals surface area contributed by atoms with Crippen molar-refractivity contribution in [3.63, 3.8) is 0 Å². The molecule has 0 spiro atoms. The van der Waals surface area contributed by atoms with Crippen molar-refractivity contribution in [2.45, 2.75) is 33.1 Å². The van der Waals surface area contributed by atoms with E-state index >= 15 is 0 Å². The van der Waals surface area contributed by atoms with Crippen molar-refractivity contribution in [3.05, 3.63) is 22.4 Å². The molecule has 1 rings (SSSR count). The highest BCUT2D eigenvalue weighted by atomic mass is 32.1. The van der Waals surface area contributed by atoms with E-state index in [4.69, 9.17) is 0 Å². The number of nitrogens with one attached hydrogen (secondary N) is 1. The summed E-state index contributed by atoms with van der Waals surface area (Å²) < 4.78 is 0. The number of hydrogen-bond donors (Lipinski definition) is 1. The average molecular weight is 225 g/mol. The van der Waals surface area contributed by atoms with Crippen LogP contribution in [0.4, 0.5) is 0 Å². The second kappa shape index (κ2) is 4.79. The Morgan fingerprint density at radius 2 is 2.20 bits per heavy atom. The summed E-state index contributed by atoms with van der Waals surface area (Å²) in [6.45, 7) is 6.54. The number of hydrogen-bond acceptors (Lipinski definition) is 2. The van der Waals surface area contributed by atoms with Crippen LogP contribution in [0.3, 0.4) is 0 Å². The van der Waals surface area contributed by atoms with Gasteiger partial charge in [0.25, 0.3) is 0 Å². The van der Waals surface area contributed by atoms with E-state index in [1.807, 2.05) is 6.07 Å². The lowest BCUT2D eigenvalue weighted by molar-refractivity contribution is -0.121. The molecule has 1 unspecified atom stereocenters. The van der Waals surface area contributed by atoms with Gasteiger partial charge in [-0.3, -0.25) is 4.79 Å². The van der Waals surface area contributed by atoms with Crippen molar-refractivity contribution in [1.82, 2.24) is 5.32 Å². The summed E-state index contributed by atoms with van der Waals surface area (Å²) in [5, 5.41) is 4.76. The lowest BCUT2D eigenvalue weighted by Crippen LogP contribution is -2.26. The average Bonchev–Trinajstić information content (AvgIpc) is 2.64. The molecule has 0 saturated heterocycles. The molecule has 15 heavy (non-hydrogen) atoms. The maximum Gasteiger partial charge on any atom is 0.220 e. The van der Waals surface area contributed by atoms with Crippen molar-refractivity contribution in [2.75, 3.05) is 7.05 Å². The highest BCUT2D eigenvalue weighted by Gasteiger charge is 2.28. The molecule has 2 nitrogen and oxygen atoms in total. The number of amides is 1. The van der Waals surface area contributed by atoms with Gasteiger partial charge in [0.15, 0.2) is 0 Å². The molecule has 0 fully saturated rings. The molecule has 1 heterocycles. The summed E-state index contributed by atoms with van der Waals surface area (Å²) >= 11 is 1.73. The lowest BCUT2D eigenvalue weighted by atomic mass is 9.77. The Bertz CT molecular complexity index is 311. The summed E-state index contributed by atoms with van der Waals surface area (Å²) in [5.74, 6) is 0.417. The van der Waals surface area contributed by atoms with Gasteiger partial charge in [-0.1, -0.05) is 26.8 Å². The van der Waals surface area contributed by atoms with Gasteiger partial charge in [0, 0.05) is 24.3 Å². The molecule has 84 valence electrons. The zero-order valence-electron chi connectivity index (χ0n) is 9.83. The molecule has 0 aliphatic carbocycles. The summed E-state index contributed by atoms with van der Waals surface area (Å²) in [6.07, 6.45) is 0.570. The molecule has 0 bridgehead atoms. The Kier molecular flexibility index (Phi) is 3.91. The van der Waals surface area contributed by atoms with Gasteiger partial charge in [0.05, 0.1) is 0 Å². The zero-order valence-corrected chi connectivity index (χ0v) is 10.6. The largest absolute Gasteiger partial charge is 0.359 e. The van der Waals surface area contributed by atoms with Crippen LogP contribution in [0.15, 0.2) is 17.5 Å². The maximum atomic E-state index is 11.5. The van der Waals surface area contributed by atoms with Gasteiger partial charge < -0.3 is 5.32 Å². The van der Waals surface area contributed by atoms with Crippen molar-refractivity contribution in [1.29, 1.82) is 0 Å². The third-order valence-corrected chi connectivity index (χ3v) is 3.59. The van der Waals surface area contributed by atoms with Crippen LogP contribution >= 0.6 is 11.3 Å². The van der Waals surface area contributed by atoms with Crippen molar-refractivity contribution >= 4 is 17.2 Å². The van der Waals surface area contributed by atoms with Gasteiger partial charge >= 0.3 is 0 Å². The zero-order chi connectivity index (χ0) is 11.5. The summed E-state index contributed by atoms with van der Waals surface area (Å²) in [7, 11) is 1.69. The first kappa shape index (κ1) is 12.2. The van der Waals surface area contributed by atoms with E-state index in [-0.39, 0.29) is 11.3 Å². The Labute approximate surface area is 95.7 Å². The van der Waals surface area contributed by atoms with Crippen LogP contribution in [0.1, 0.15) is 38.0 Å². The lowest BCUT2D eigenvalue weighted by Gasteiger charge is -2.29. The van der Waals surface area contributed by atoms with E-state index in [1.54, 1.807) is 18.4 Å². The molecular weight excluding hydrogens is 206 g/mol. The SMILES string of the molecule is CNC(=O)CC(c1cccs1)C(C)(C)C. The fraction of sp³-hybridized carbons (Fsp3) is 0.583. The smallest absolute Gasteiger partial charge is 0.220 e. The molecule has 0 aliphatic rings. The van der Waals surface area contributed by atoms with Gasteiger partial charge in [0.2, 0.25) is 5.91 Å². The van der Waals surface area contributed by atoms with Gasteiger partial charge in [-0.15, -0.1) is 11.3 Å². The van der Waals surface area contributed by atoms with E-state index in [0.29, 0.717) is 12.3 Å². The van der Waals surface area contributed by atoms with Crippen LogP contribution in [-0.4, -0.2) is 13.0 Å². The van der Waals surface area contributed by atoms with Crippen LogP contribution in [-0.2, 0) is 4.79 Å². The number of carbonyl (C=O) groups excluding carboxylic acids is 1. The van der Waals surface area contributed by atoms with Crippen molar-refractivity contribution in [2.24, 2.45) is 5.41 Å². The van der Waals surface area contributed by atoms with E-state index in [0.717, 1.165) is 0 Å². The van der Waals surface area contributed by atoms with Gasteiger partial charge in [0.1, 0.15) is 0 Å². The number of thiophene rings is 1. The number of rotatable bonds is 3. The maximum absolute atomic E-state index is 11.5. The first-order valence-corrected chi connectivity index (χ1v) is 6.07. The van der Waals surface area contributed by atoms with Crippen LogP contribution < -0.4 is 5.32 Å². The second-order valence-electron chi connectivity index (χ2n) is 4.81. The first-order chi connectivity index (χ1) is 6.95. The molecule has 1 N–H and O–H groups in total. The third-order valence-electron chi connectivity index (χ3n) is 2.60. The van der Waals surface area contributed by atoms with Gasteiger partial charge in [-0.2, -0.15) is 0 Å². The fourth-order valence-corrected chi connectivity index (χ4v) is 2.68. The Morgan fingerprint density at radius 3 is 2.60 bits per heavy atom. The topological polar surface area (TPSA) is 29.1 Å². The quantitative estimate of drug-likeness (QED) is 0.841. The predicted molar refractivity (Wildman–Crippen MR) is 65.2 cm³/mol. The van der Waals surface area contributed by atoms with Gasteiger partial charge in [-0.25, -0.2) is 0 Å². The summed E-state index contributed by atoms with van der Waals surface area (Å²) in [5.41, 5.74) is 0.122. The molecule has 1 aromatic rings. The molecular formula is C12H19NOS. The molecule has 1 amide bonds. The summed E-state index contributed by atoms with van der Waals surface area (Å²) in [4.78, 5) is 12.8.